The van der Waals surface area contributed by atoms with Gasteiger partial charge in [0.2, 0.25) is 5.91 Å². The number of carbonyl (C=O) groups excluding carboxylic acids is 3. The summed E-state index contributed by atoms with van der Waals surface area (Å²) in [4.78, 5) is 34.3. The monoisotopic (exact) mass is 392 g/mol. The summed E-state index contributed by atoms with van der Waals surface area (Å²) >= 11 is 0. The Labute approximate surface area is 157 Å². The molecule has 0 aliphatic rings. The number of rotatable bonds is 6. The lowest BCUT2D eigenvalue weighted by atomic mass is 10.1. The number of nitrogens with two attached hydrogens (primary N) is 1. The lowest BCUT2D eigenvalue weighted by molar-refractivity contribution is -0.142. The third kappa shape index (κ3) is 6.27. The number of primary amides is 1. The molecule has 0 aliphatic carbocycles. The molecule has 146 valence electrons. The topological polar surface area (TPSA) is 98.5 Å². The second-order valence-corrected chi connectivity index (χ2v) is 5.55. The molecule has 0 aromatic heterocycles. The molecule has 2 amide bonds. The van der Waals surface area contributed by atoms with Gasteiger partial charge in [0, 0.05) is 17.3 Å². The maximum Gasteiger partial charge on any atom is 0.416 e. The molecule has 2 aromatic carbocycles. The fourth-order valence-corrected chi connectivity index (χ4v) is 2.08. The molecule has 3 N–H and O–H groups in total. The molecule has 0 bridgehead atoms. The van der Waals surface area contributed by atoms with Crippen molar-refractivity contribution in [1.82, 2.24) is 0 Å². The van der Waals surface area contributed by atoms with Crippen LogP contribution in [0.2, 0.25) is 0 Å². The average Bonchev–Trinajstić information content (AvgIpc) is 2.64. The van der Waals surface area contributed by atoms with Gasteiger partial charge >= 0.3 is 12.1 Å². The molecular weight excluding hydrogens is 377 g/mol. The second-order valence-electron chi connectivity index (χ2n) is 5.55. The summed E-state index contributed by atoms with van der Waals surface area (Å²) in [6, 6.07) is 10.1. The summed E-state index contributed by atoms with van der Waals surface area (Å²) in [5, 5.41) is 2.44. The summed E-state index contributed by atoms with van der Waals surface area (Å²) in [6.45, 7) is -0.594. The molecule has 0 aliphatic heterocycles. The van der Waals surface area contributed by atoms with Crippen LogP contribution in [-0.2, 0) is 20.5 Å². The summed E-state index contributed by atoms with van der Waals surface area (Å²) < 4.78 is 42.6. The van der Waals surface area contributed by atoms with Crippen molar-refractivity contribution in [3.8, 4) is 0 Å². The second kappa shape index (κ2) is 8.85. The minimum atomic E-state index is -4.49. The number of esters is 1. The molecule has 9 heteroatoms. The average molecular weight is 392 g/mol. The quantitative estimate of drug-likeness (QED) is 0.583. The molecule has 2 aromatic rings. The number of ether oxygens (including phenoxy) is 1. The van der Waals surface area contributed by atoms with Crippen LogP contribution in [0.25, 0.3) is 6.08 Å². The maximum absolute atomic E-state index is 12.6. The molecule has 0 unspecified atom stereocenters. The summed E-state index contributed by atoms with van der Waals surface area (Å²) in [7, 11) is 0. The molecule has 0 spiro atoms. The van der Waals surface area contributed by atoms with Crippen molar-refractivity contribution in [2.75, 3.05) is 11.9 Å². The standard InChI is InChI=1S/C19H15F3N2O4/c20-19(21,22)14-3-1-2-12(10-14)4-9-17(26)28-11-16(25)24-15-7-5-13(6-8-15)18(23)27/h1-10H,11H2,(H2,23,27)(H,24,25)/b9-4+. The van der Waals surface area contributed by atoms with Gasteiger partial charge in [-0.05, 0) is 48.0 Å². The SMILES string of the molecule is NC(=O)c1ccc(NC(=O)COC(=O)/C=C/c2cccc(C(F)(F)F)c2)cc1. The molecule has 0 saturated heterocycles. The minimum Gasteiger partial charge on any atom is -0.452 e. The number of hydrogen-bond acceptors (Lipinski definition) is 4. The molecule has 0 saturated carbocycles. The zero-order valence-corrected chi connectivity index (χ0v) is 14.3. The number of anilines is 1. The first-order valence-electron chi connectivity index (χ1n) is 7.87. The van der Waals surface area contributed by atoms with Crippen molar-refractivity contribution < 1.29 is 32.3 Å². The number of benzene rings is 2. The molecule has 2 rings (SSSR count). The van der Waals surface area contributed by atoms with Crippen LogP contribution in [0.5, 0.6) is 0 Å². The van der Waals surface area contributed by atoms with E-state index >= 15 is 0 Å². The largest absolute Gasteiger partial charge is 0.452 e. The maximum atomic E-state index is 12.6. The van der Waals surface area contributed by atoms with Gasteiger partial charge in [0.15, 0.2) is 6.61 Å². The van der Waals surface area contributed by atoms with Crippen molar-refractivity contribution in [2.45, 2.75) is 6.18 Å². The van der Waals surface area contributed by atoms with Crippen molar-refractivity contribution >= 4 is 29.5 Å². The van der Waals surface area contributed by atoms with Gasteiger partial charge in [-0.2, -0.15) is 13.2 Å². The van der Waals surface area contributed by atoms with Crippen LogP contribution < -0.4 is 11.1 Å². The number of hydrogen-bond donors (Lipinski definition) is 2. The Morgan fingerprint density at radius 1 is 1.07 bits per heavy atom. The number of carbonyl (C=O) groups is 3. The van der Waals surface area contributed by atoms with Gasteiger partial charge in [-0.15, -0.1) is 0 Å². The van der Waals surface area contributed by atoms with Crippen LogP contribution in [0.4, 0.5) is 18.9 Å². The smallest absolute Gasteiger partial charge is 0.416 e. The van der Waals surface area contributed by atoms with E-state index < -0.39 is 36.1 Å². The van der Waals surface area contributed by atoms with Crippen molar-refractivity contribution in [3.05, 3.63) is 71.3 Å². The highest BCUT2D eigenvalue weighted by Gasteiger charge is 2.30. The Balaban J connectivity index is 1.85. The Morgan fingerprint density at radius 2 is 1.75 bits per heavy atom. The van der Waals surface area contributed by atoms with Crippen LogP contribution in [0, 0.1) is 0 Å². The van der Waals surface area contributed by atoms with Gasteiger partial charge in [-0.25, -0.2) is 4.79 Å². The number of nitrogens with one attached hydrogen (secondary N) is 1. The van der Waals surface area contributed by atoms with Crippen LogP contribution in [0.3, 0.4) is 0 Å². The number of amides is 2. The van der Waals surface area contributed by atoms with Crippen molar-refractivity contribution in [2.24, 2.45) is 5.73 Å². The summed E-state index contributed by atoms with van der Waals surface area (Å²) in [6.07, 6.45) is -2.42. The molecule has 0 atom stereocenters. The van der Waals surface area contributed by atoms with E-state index in [1.54, 1.807) is 0 Å². The number of alkyl halides is 3. The summed E-state index contributed by atoms with van der Waals surface area (Å²) in [5.41, 5.74) is 5.05. The molecule has 28 heavy (non-hydrogen) atoms. The lowest BCUT2D eigenvalue weighted by Gasteiger charge is -2.07. The molecule has 6 nitrogen and oxygen atoms in total. The highest BCUT2D eigenvalue weighted by Crippen LogP contribution is 2.29. The third-order valence-electron chi connectivity index (χ3n) is 3.42. The Hall–Kier alpha value is -3.62. The first-order chi connectivity index (χ1) is 13.1. The van der Waals surface area contributed by atoms with E-state index in [9.17, 15) is 27.6 Å². The van der Waals surface area contributed by atoms with Gasteiger partial charge in [-0.3, -0.25) is 9.59 Å². The predicted octanol–water partition coefficient (Wildman–Crippen LogP) is 3.00. The first-order valence-corrected chi connectivity index (χ1v) is 7.87. The van der Waals surface area contributed by atoms with Crippen molar-refractivity contribution in [3.63, 3.8) is 0 Å². The molecule has 0 radical (unpaired) electrons. The molecular formula is C19H15F3N2O4. The Kier molecular flexibility index (Phi) is 6.54. The van der Waals surface area contributed by atoms with Crippen LogP contribution in [-0.4, -0.2) is 24.4 Å². The van der Waals surface area contributed by atoms with Gasteiger partial charge in [0.1, 0.15) is 0 Å². The van der Waals surface area contributed by atoms with E-state index in [-0.39, 0.29) is 11.1 Å². The minimum absolute atomic E-state index is 0.158. The molecule has 0 heterocycles. The fourth-order valence-electron chi connectivity index (χ4n) is 2.08. The van der Waals surface area contributed by atoms with Gasteiger partial charge in [0.05, 0.1) is 5.56 Å². The van der Waals surface area contributed by atoms with E-state index in [2.05, 4.69) is 5.32 Å². The highest BCUT2D eigenvalue weighted by molar-refractivity contribution is 5.96. The Morgan fingerprint density at radius 3 is 2.36 bits per heavy atom. The third-order valence-corrected chi connectivity index (χ3v) is 3.42. The van der Waals surface area contributed by atoms with E-state index in [1.807, 2.05) is 0 Å². The van der Waals surface area contributed by atoms with E-state index in [0.29, 0.717) is 5.69 Å². The van der Waals surface area contributed by atoms with E-state index in [1.165, 1.54) is 36.4 Å². The first kappa shape index (κ1) is 20.7. The fraction of sp³-hybridized carbons (Fsp3) is 0.105. The Bertz CT molecular complexity index is 906. The number of halogens is 3. The zero-order valence-electron chi connectivity index (χ0n) is 14.3. The zero-order chi connectivity index (χ0) is 20.7. The van der Waals surface area contributed by atoms with Gasteiger partial charge < -0.3 is 15.8 Å². The van der Waals surface area contributed by atoms with Crippen LogP contribution >= 0.6 is 0 Å². The summed E-state index contributed by atoms with van der Waals surface area (Å²) in [5.74, 6) is -2.14. The van der Waals surface area contributed by atoms with Gasteiger partial charge in [0.25, 0.3) is 5.91 Å². The normalized spacial score (nSPS) is 11.2. The van der Waals surface area contributed by atoms with Crippen LogP contribution in [0.1, 0.15) is 21.5 Å². The lowest BCUT2D eigenvalue weighted by Crippen LogP contribution is -2.20. The van der Waals surface area contributed by atoms with E-state index in [0.717, 1.165) is 24.3 Å². The van der Waals surface area contributed by atoms with Crippen LogP contribution in [0.15, 0.2) is 54.6 Å². The van der Waals surface area contributed by atoms with E-state index in [4.69, 9.17) is 10.5 Å². The highest BCUT2D eigenvalue weighted by atomic mass is 19.4. The predicted molar refractivity (Wildman–Crippen MR) is 95.0 cm³/mol. The van der Waals surface area contributed by atoms with Gasteiger partial charge in [-0.1, -0.05) is 12.1 Å². The van der Waals surface area contributed by atoms with Crippen molar-refractivity contribution in [1.29, 1.82) is 0 Å². The molecule has 0 fully saturated rings.